The highest BCUT2D eigenvalue weighted by atomic mass is 16.5. The molecular formula is C18H26N2O4. The van der Waals surface area contributed by atoms with Crippen LogP contribution in [0.15, 0.2) is 18.2 Å². The van der Waals surface area contributed by atoms with Crippen molar-refractivity contribution in [3.05, 3.63) is 29.3 Å². The average molecular weight is 334 g/mol. The van der Waals surface area contributed by atoms with Gasteiger partial charge >= 0.3 is 0 Å². The van der Waals surface area contributed by atoms with Crippen molar-refractivity contribution in [2.24, 2.45) is 0 Å². The standard InChI is InChI=1S/C18H26N2O4/c1-18(24-12-6-11-21)14-8-5-7-13(15(14)19-17(18)23)16(22)20-9-3-2-4-10-20/h5,7-8,17,19,21,23H,2-4,6,9-12H2,1H3. The van der Waals surface area contributed by atoms with E-state index < -0.39 is 11.8 Å². The first kappa shape index (κ1) is 17.2. The Kier molecular flexibility index (Phi) is 5.08. The van der Waals surface area contributed by atoms with E-state index in [-0.39, 0.29) is 12.5 Å². The minimum absolute atomic E-state index is 0.00542. The molecular weight excluding hydrogens is 308 g/mol. The number of amides is 1. The molecule has 132 valence electrons. The maximum atomic E-state index is 12.9. The highest BCUT2D eigenvalue weighted by Crippen LogP contribution is 2.43. The summed E-state index contributed by atoms with van der Waals surface area (Å²) in [5, 5.41) is 22.4. The summed E-state index contributed by atoms with van der Waals surface area (Å²) in [6.45, 7) is 3.77. The van der Waals surface area contributed by atoms with Gasteiger partial charge in [0.25, 0.3) is 5.91 Å². The Morgan fingerprint density at radius 2 is 2.12 bits per heavy atom. The Balaban J connectivity index is 1.88. The van der Waals surface area contributed by atoms with E-state index in [1.807, 2.05) is 24.0 Å². The van der Waals surface area contributed by atoms with Crippen LogP contribution in [0.5, 0.6) is 0 Å². The highest BCUT2D eigenvalue weighted by molar-refractivity contribution is 6.01. The number of likely N-dealkylation sites (tertiary alicyclic amines) is 1. The van der Waals surface area contributed by atoms with E-state index in [4.69, 9.17) is 9.84 Å². The predicted molar refractivity (Wildman–Crippen MR) is 90.8 cm³/mol. The van der Waals surface area contributed by atoms with Crippen molar-refractivity contribution in [1.82, 2.24) is 4.90 Å². The number of benzene rings is 1. The normalized spacial score (nSPS) is 26.1. The van der Waals surface area contributed by atoms with Gasteiger partial charge in [-0.25, -0.2) is 0 Å². The summed E-state index contributed by atoms with van der Waals surface area (Å²) in [7, 11) is 0. The van der Waals surface area contributed by atoms with Gasteiger partial charge in [-0.2, -0.15) is 0 Å². The van der Waals surface area contributed by atoms with E-state index in [1.165, 1.54) is 6.42 Å². The van der Waals surface area contributed by atoms with Crippen molar-refractivity contribution in [2.45, 2.75) is 44.4 Å². The molecule has 1 fully saturated rings. The lowest BCUT2D eigenvalue weighted by atomic mass is 9.94. The molecule has 2 heterocycles. The molecule has 1 aromatic rings. The molecule has 6 nitrogen and oxygen atoms in total. The van der Waals surface area contributed by atoms with E-state index >= 15 is 0 Å². The van der Waals surface area contributed by atoms with E-state index in [2.05, 4.69) is 5.32 Å². The lowest BCUT2D eigenvalue weighted by molar-refractivity contribution is -0.103. The number of para-hydroxylation sites is 1. The summed E-state index contributed by atoms with van der Waals surface area (Å²) in [5.41, 5.74) is 1.11. The third-order valence-corrected chi connectivity index (χ3v) is 4.98. The van der Waals surface area contributed by atoms with Crippen LogP contribution in [-0.4, -0.2) is 53.6 Å². The molecule has 0 aliphatic carbocycles. The number of aliphatic hydroxyl groups is 2. The molecule has 1 amide bonds. The Bertz CT molecular complexity index is 601. The first-order chi connectivity index (χ1) is 11.6. The molecule has 1 saturated heterocycles. The van der Waals surface area contributed by atoms with Gasteiger partial charge in [0.05, 0.1) is 17.9 Å². The minimum Gasteiger partial charge on any atom is -0.396 e. The zero-order chi connectivity index (χ0) is 17.2. The summed E-state index contributed by atoms with van der Waals surface area (Å²) < 4.78 is 5.85. The van der Waals surface area contributed by atoms with E-state index in [0.29, 0.717) is 24.3 Å². The summed E-state index contributed by atoms with van der Waals surface area (Å²) in [5.74, 6) is 0.00542. The number of carbonyl (C=O) groups is 1. The largest absolute Gasteiger partial charge is 0.396 e. The maximum absolute atomic E-state index is 12.9. The first-order valence-electron chi connectivity index (χ1n) is 8.70. The van der Waals surface area contributed by atoms with Gasteiger partial charge in [0.1, 0.15) is 5.60 Å². The molecule has 2 aliphatic rings. The lowest BCUT2D eigenvalue weighted by Crippen LogP contribution is -2.38. The van der Waals surface area contributed by atoms with E-state index in [1.54, 1.807) is 6.07 Å². The summed E-state index contributed by atoms with van der Waals surface area (Å²) in [6.07, 6.45) is 2.83. The zero-order valence-electron chi connectivity index (χ0n) is 14.1. The molecule has 6 heteroatoms. The fraction of sp³-hybridized carbons (Fsp3) is 0.611. The second kappa shape index (κ2) is 7.09. The van der Waals surface area contributed by atoms with Crippen molar-refractivity contribution < 1.29 is 19.7 Å². The van der Waals surface area contributed by atoms with Crippen LogP contribution in [0.25, 0.3) is 0 Å². The van der Waals surface area contributed by atoms with Crippen LogP contribution in [0.1, 0.15) is 48.5 Å². The Morgan fingerprint density at radius 3 is 2.83 bits per heavy atom. The van der Waals surface area contributed by atoms with Gasteiger partial charge in [0, 0.05) is 25.3 Å². The van der Waals surface area contributed by atoms with Crippen molar-refractivity contribution in [3.8, 4) is 0 Å². The molecule has 24 heavy (non-hydrogen) atoms. The third-order valence-electron chi connectivity index (χ3n) is 4.98. The topological polar surface area (TPSA) is 82.0 Å². The monoisotopic (exact) mass is 334 g/mol. The third kappa shape index (κ3) is 3.01. The van der Waals surface area contributed by atoms with Crippen molar-refractivity contribution >= 4 is 11.6 Å². The fourth-order valence-electron chi connectivity index (χ4n) is 3.49. The number of nitrogens with zero attached hydrogens (tertiary/aromatic N) is 1. The Labute approximate surface area is 142 Å². The quantitative estimate of drug-likeness (QED) is 0.714. The first-order valence-corrected chi connectivity index (χ1v) is 8.70. The van der Waals surface area contributed by atoms with Crippen LogP contribution in [0.4, 0.5) is 5.69 Å². The number of hydrogen-bond donors (Lipinski definition) is 3. The van der Waals surface area contributed by atoms with Gasteiger partial charge in [-0.3, -0.25) is 4.79 Å². The number of nitrogens with one attached hydrogen (secondary N) is 1. The van der Waals surface area contributed by atoms with E-state index in [0.717, 1.165) is 31.5 Å². The Hall–Kier alpha value is -1.63. The van der Waals surface area contributed by atoms with Crippen LogP contribution in [0, 0.1) is 0 Å². The molecule has 0 radical (unpaired) electrons. The summed E-state index contributed by atoms with van der Waals surface area (Å²) >= 11 is 0. The van der Waals surface area contributed by atoms with Crippen LogP contribution in [0.3, 0.4) is 0 Å². The molecule has 1 aromatic carbocycles. The van der Waals surface area contributed by atoms with Crippen molar-refractivity contribution in [2.75, 3.05) is 31.6 Å². The molecule has 0 spiro atoms. The number of ether oxygens (including phenoxy) is 1. The smallest absolute Gasteiger partial charge is 0.255 e. The number of aliphatic hydroxyl groups excluding tert-OH is 2. The predicted octanol–water partition coefficient (Wildman–Crippen LogP) is 1.67. The number of carbonyl (C=O) groups excluding carboxylic acids is 1. The van der Waals surface area contributed by atoms with Gasteiger partial charge in [-0.1, -0.05) is 12.1 Å². The fourth-order valence-corrected chi connectivity index (χ4v) is 3.49. The molecule has 2 atom stereocenters. The average Bonchev–Trinajstić information content (AvgIpc) is 2.86. The molecule has 3 N–H and O–H groups in total. The number of piperidine rings is 1. The van der Waals surface area contributed by atoms with Crippen LogP contribution >= 0.6 is 0 Å². The highest BCUT2D eigenvalue weighted by Gasteiger charge is 2.45. The summed E-state index contributed by atoms with van der Waals surface area (Å²) in [6, 6.07) is 5.52. The van der Waals surface area contributed by atoms with Crippen LogP contribution in [0.2, 0.25) is 0 Å². The molecule has 0 saturated carbocycles. The summed E-state index contributed by atoms with van der Waals surface area (Å²) in [4.78, 5) is 14.8. The second-order valence-corrected chi connectivity index (χ2v) is 6.66. The van der Waals surface area contributed by atoms with Crippen molar-refractivity contribution in [1.29, 1.82) is 0 Å². The van der Waals surface area contributed by atoms with E-state index in [9.17, 15) is 9.90 Å². The van der Waals surface area contributed by atoms with Crippen LogP contribution in [-0.2, 0) is 10.3 Å². The number of fused-ring (bicyclic) bond motifs is 1. The molecule has 3 rings (SSSR count). The molecule has 2 aliphatic heterocycles. The number of anilines is 1. The molecule has 2 unspecified atom stereocenters. The number of rotatable bonds is 5. The van der Waals surface area contributed by atoms with Gasteiger partial charge in [0.15, 0.2) is 6.23 Å². The van der Waals surface area contributed by atoms with Crippen LogP contribution < -0.4 is 5.32 Å². The maximum Gasteiger partial charge on any atom is 0.255 e. The minimum atomic E-state index is -0.929. The van der Waals surface area contributed by atoms with Gasteiger partial charge in [-0.05, 0) is 38.7 Å². The molecule has 0 bridgehead atoms. The van der Waals surface area contributed by atoms with Gasteiger partial charge in [0.2, 0.25) is 0 Å². The molecule has 0 aromatic heterocycles. The second-order valence-electron chi connectivity index (χ2n) is 6.66. The number of hydrogen-bond acceptors (Lipinski definition) is 5. The lowest BCUT2D eigenvalue weighted by Gasteiger charge is -2.29. The van der Waals surface area contributed by atoms with Gasteiger partial charge in [-0.15, -0.1) is 0 Å². The van der Waals surface area contributed by atoms with Gasteiger partial charge < -0.3 is 25.2 Å². The van der Waals surface area contributed by atoms with Crippen molar-refractivity contribution in [3.63, 3.8) is 0 Å². The SMILES string of the molecule is CC1(OCCCO)c2cccc(C(=O)N3CCCCC3)c2NC1O. The zero-order valence-corrected chi connectivity index (χ0v) is 14.1. The Morgan fingerprint density at radius 1 is 1.38 bits per heavy atom.